The van der Waals surface area contributed by atoms with Crippen molar-refractivity contribution in [2.45, 2.75) is 37.3 Å². The van der Waals surface area contributed by atoms with Gasteiger partial charge < -0.3 is 20.1 Å². The fraction of sp³-hybridized carbons (Fsp3) is 0.391. The summed E-state index contributed by atoms with van der Waals surface area (Å²) in [6.07, 6.45) is 2.05. The molecule has 32 heavy (non-hydrogen) atoms. The quantitative estimate of drug-likeness (QED) is 0.617. The molecule has 1 unspecified atom stereocenters. The number of carbonyl (C=O) groups excluding carboxylic acids is 2. The predicted octanol–water partition coefficient (Wildman–Crippen LogP) is 4.38. The first-order chi connectivity index (χ1) is 15.2. The van der Waals surface area contributed by atoms with Crippen LogP contribution in [0, 0.1) is 11.2 Å². The molecule has 4 aliphatic rings. The first-order valence-corrected chi connectivity index (χ1v) is 11.1. The highest BCUT2D eigenvalue weighted by Gasteiger charge is 2.68. The number of nitrogens with one attached hydrogen (secondary N) is 2. The third kappa shape index (κ3) is 3.99. The molecule has 168 valence electrons. The van der Waals surface area contributed by atoms with Crippen LogP contribution in [-0.4, -0.2) is 36.5 Å². The number of ketones is 1. The average Bonchev–Trinajstić information content (AvgIpc) is 2.71. The van der Waals surface area contributed by atoms with Crippen molar-refractivity contribution in [2.24, 2.45) is 5.41 Å². The number of hydrogen-bond acceptors (Lipinski definition) is 5. The summed E-state index contributed by atoms with van der Waals surface area (Å²) in [5.74, 6) is 0.0755. The highest BCUT2D eigenvalue weighted by atomic mass is 35.5. The second-order valence-corrected chi connectivity index (χ2v) is 9.85. The number of amides is 1. The van der Waals surface area contributed by atoms with Crippen molar-refractivity contribution >= 4 is 40.6 Å². The molecule has 1 aliphatic heterocycles. The van der Waals surface area contributed by atoms with Gasteiger partial charge in [-0.05, 0) is 55.0 Å². The van der Waals surface area contributed by atoms with Crippen LogP contribution in [0.3, 0.4) is 0 Å². The molecule has 3 saturated carbocycles. The molecule has 2 aromatic carbocycles. The number of Topliss-reactive ketones (excluding diaryl/α,β-unsaturated/α-hetero) is 1. The van der Waals surface area contributed by atoms with Crippen molar-refractivity contribution in [3.63, 3.8) is 0 Å². The van der Waals surface area contributed by atoms with Gasteiger partial charge in [-0.2, -0.15) is 0 Å². The van der Waals surface area contributed by atoms with Gasteiger partial charge in [0.15, 0.2) is 11.9 Å². The van der Waals surface area contributed by atoms with E-state index in [0.717, 1.165) is 31.0 Å². The highest BCUT2D eigenvalue weighted by Crippen LogP contribution is 2.69. The Morgan fingerprint density at radius 1 is 1.19 bits per heavy atom. The lowest BCUT2D eigenvalue weighted by molar-refractivity contribution is -0.175. The van der Waals surface area contributed by atoms with Crippen LogP contribution < -0.4 is 20.1 Å². The van der Waals surface area contributed by atoms with Gasteiger partial charge in [0.2, 0.25) is 0 Å². The number of carbonyl (C=O) groups is 2. The second-order valence-electron chi connectivity index (χ2n) is 9.01. The third-order valence-electron chi connectivity index (χ3n) is 6.37. The summed E-state index contributed by atoms with van der Waals surface area (Å²) < 4.78 is 24.7. The molecule has 6 nitrogen and oxygen atoms in total. The molecule has 0 radical (unpaired) electrons. The van der Waals surface area contributed by atoms with Gasteiger partial charge in [0.05, 0.1) is 17.3 Å². The SMILES string of the molecule is O=C(COc1ccc(Cl)c(F)c1)CC12CC(NC(=O)C3CNc4cc(Cl)ccc4O3)(C1)C2. The minimum atomic E-state index is -0.622. The standard InChI is InChI=1S/C23H21Cl2FN2O4/c24-13-1-4-19-18(5-13)27-8-20(32-19)21(30)28-23-10-22(11-23,12-23)7-14(29)9-31-15-2-3-16(25)17(26)6-15/h1-6,20,27H,7-12H2,(H,28,30). The topological polar surface area (TPSA) is 76.7 Å². The molecule has 0 saturated heterocycles. The van der Waals surface area contributed by atoms with E-state index in [1.54, 1.807) is 18.2 Å². The van der Waals surface area contributed by atoms with Gasteiger partial charge in [-0.3, -0.25) is 9.59 Å². The highest BCUT2D eigenvalue weighted by molar-refractivity contribution is 6.31. The summed E-state index contributed by atoms with van der Waals surface area (Å²) in [4.78, 5) is 25.1. The summed E-state index contributed by atoms with van der Waals surface area (Å²) >= 11 is 11.6. The van der Waals surface area contributed by atoms with Gasteiger partial charge in [0, 0.05) is 23.0 Å². The van der Waals surface area contributed by atoms with E-state index in [1.165, 1.54) is 12.1 Å². The monoisotopic (exact) mass is 478 g/mol. The molecule has 2 N–H and O–H groups in total. The van der Waals surface area contributed by atoms with E-state index in [2.05, 4.69) is 10.6 Å². The molecule has 0 aromatic heterocycles. The van der Waals surface area contributed by atoms with E-state index < -0.39 is 11.9 Å². The van der Waals surface area contributed by atoms with E-state index in [4.69, 9.17) is 32.7 Å². The van der Waals surface area contributed by atoms with E-state index in [0.29, 0.717) is 23.7 Å². The lowest BCUT2D eigenvalue weighted by Gasteiger charge is -2.70. The fourth-order valence-corrected chi connectivity index (χ4v) is 5.44. The van der Waals surface area contributed by atoms with Crippen LogP contribution in [0.25, 0.3) is 0 Å². The summed E-state index contributed by atoms with van der Waals surface area (Å²) in [5, 5.41) is 6.89. The molecule has 6 rings (SSSR count). The predicted molar refractivity (Wildman–Crippen MR) is 118 cm³/mol. The second kappa shape index (κ2) is 7.81. The Morgan fingerprint density at radius 2 is 1.97 bits per heavy atom. The molecule has 1 atom stereocenters. The molecule has 2 aromatic rings. The minimum absolute atomic E-state index is 0.00732. The number of benzene rings is 2. The molecule has 1 heterocycles. The molecular weight excluding hydrogens is 458 g/mol. The zero-order chi connectivity index (χ0) is 22.5. The lowest BCUT2D eigenvalue weighted by Crippen LogP contribution is -2.76. The molecule has 9 heteroatoms. The zero-order valence-electron chi connectivity index (χ0n) is 17.1. The van der Waals surface area contributed by atoms with Gasteiger partial charge >= 0.3 is 0 Å². The third-order valence-corrected chi connectivity index (χ3v) is 6.91. The van der Waals surface area contributed by atoms with Gasteiger partial charge in [-0.1, -0.05) is 23.2 Å². The number of hydrogen-bond donors (Lipinski definition) is 2. The summed E-state index contributed by atoms with van der Waals surface area (Å²) in [5.41, 5.74) is 0.447. The smallest absolute Gasteiger partial charge is 0.263 e. The fourth-order valence-electron chi connectivity index (χ4n) is 5.15. The maximum Gasteiger partial charge on any atom is 0.263 e. The van der Waals surface area contributed by atoms with Crippen LogP contribution >= 0.6 is 23.2 Å². The van der Waals surface area contributed by atoms with Crippen LogP contribution in [0.1, 0.15) is 25.7 Å². The van der Waals surface area contributed by atoms with Gasteiger partial charge in [-0.15, -0.1) is 0 Å². The normalized spacial score (nSPS) is 27.0. The Kier molecular flexibility index (Phi) is 5.21. The van der Waals surface area contributed by atoms with E-state index in [-0.39, 0.29) is 40.0 Å². The Morgan fingerprint density at radius 3 is 2.72 bits per heavy atom. The Hall–Kier alpha value is -2.51. The number of rotatable bonds is 7. The van der Waals surface area contributed by atoms with Crippen LogP contribution in [0.4, 0.5) is 10.1 Å². The van der Waals surface area contributed by atoms with Gasteiger partial charge in [0.25, 0.3) is 5.91 Å². The van der Waals surface area contributed by atoms with Crippen molar-refractivity contribution in [1.29, 1.82) is 0 Å². The number of ether oxygens (including phenoxy) is 2. The Labute approximate surface area is 194 Å². The maximum atomic E-state index is 13.5. The van der Waals surface area contributed by atoms with Crippen LogP contribution in [0.2, 0.25) is 10.0 Å². The summed E-state index contributed by atoms with van der Waals surface area (Å²) in [7, 11) is 0. The van der Waals surface area contributed by atoms with Crippen molar-refractivity contribution in [1.82, 2.24) is 5.32 Å². The number of anilines is 1. The zero-order valence-corrected chi connectivity index (χ0v) is 18.6. The molecule has 0 spiro atoms. The lowest BCUT2D eigenvalue weighted by atomic mass is 9.38. The summed E-state index contributed by atoms with van der Waals surface area (Å²) in [6.45, 7) is 0.245. The molecule has 1 amide bonds. The molecule has 3 aliphatic carbocycles. The van der Waals surface area contributed by atoms with Crippen molar-refractivity contribution in [3.8, 4) is 11.5 Å². The van der Waals surface area contributed by atoms with Crippen LogP contribution in [-0.2, 0) is 9.59 Å². The van der Waals surface area contributed by atoms with Crippen molar-refractivity contribution in [3.05, 3.63) is 52.3 Å². The van der Waals surface area contributed by atoms with Crippen LogP contribution in [0.5, 0.6) is 11.5 Å². The Bertz CT molecular complexity index is 1090. The van der Waals surface area contributed by atoms with Crippen LogP contribution in [0.15, 0.2) is 36.4 Å². The Balaban J connectivity index is 1.08. The minimum Gasteiger partial charge on any atom is -0.486 e. The van der Waals surface area contributed by atoms with Gasteiger partial charge in [0.1, 0.15) is 23.9 Å². The first kappa shape index (κ1) is 21.3. The van der Waals surface area contributed by atoms with Crippen molar-refractivity contribution < 1.29 is 23.5 Å². The average molecular weight is 479 g/mol. The van der Waals surface area contributed by atoms with E-state index in [1.807, 2.05) is 0 Å². The molecular formula is C23H21Cl2FN2O4. The molecule has 2 bridgehead atoms. The molecule has 3 fully saturated rings. The van der Waals surface area contributed by atoms with Gasteiger partial charge in [-0.25, -0.2) is 4.39 Å². The number of fused-ring (bicyclic) bond motifs is 1. The van der Waals surface area contributed by atoms with Crippen molar-refractivity contribution in [2.75, 3.05) is 18.5 Å². The number of halogens is 3. The summed E-state index contributed by atoms with van der Waals surface area (Å²) in [6, 6.07) is 9.31. The maximum absolute atomic E-state index is 13.5. The van der Waals surface area contributed by atoms with E-state index >= 15 is 0 Å². The first-order valence-electron chi connectivity index (χ1n) is 10.4. The largest absolute Gasteiger partial charge is 0.486 e. The van der Waals surface area contributed by atoms with E-state index in [9.17, 15) is 14.0 Å².